The lowest BCUT2D eigenvalue weighted by Crippen LogP contribution is -2.42. The highest BCUT2D eigenvalue weighted by atomic mass is 16.5. The van der Waals surface area contributed by atoms with E-state index < -0.39 is 5.91 Å². The number of pyridine rings is 1. The van der Waals surface area contributed by atoms with Gasteiger partial charge in [-0.1, -0.05) is 49.6 Å². The highest BCUT2D eigenvalue weighted by Crippen LogP contribution is 2.24. The molecular weight excluding hydrogens is 406 g/mol. The van der Waals surface area contributed by atoms with Crippen molar-refractivity contribution in [2.75, 3.05) is 13.7 Å². The zero-order valence-corrected chi connectivity index (χ0v) is 18.1. The summed E-state index contributed by atoms with van der Waals surface area (Å²) in [5.41, 5.74) is 0.600. The van der Waals surface area contributed by atoms with Gasteiger partial charge in [-0.2, -0.15) is 0 Å². The van der Waals surface area contributed by atoms with Gasteiger partial charge in [-0.15, -0.1) is 0 Å². The zero-order chi connectivity index (χ0) is 22.5. The van der Waals surface area contributed by atoms with Crippen LogP contribution in [-0.4, -0.2) is 36.1 Å². The Bertz CT molecular complexity index is 1200. The van der Waals surface area contributed by atoms with Crippen LogP contribution in [0.4, 0.5) is 0 Å². The molecular formula is C25H27N3O4. The number of benzene rings is 2. The van der Waals surface area contributed by atoms with E-state index >= 15 is 0 Å². The van der Waals surface area contributed by atoms with Gasteiger partial charge in [0.1, 0.15) is 5.75 Å². The van der Waals surface area contributed by atoms with Crippen LogP contribution in [0, 0.1) is 0 Å². The van der Waals surface area contributed by atoms with E-state index in [1.54, 1.807) is 42.5 Å². The lowest BCUT2D eigenvalue weighted by Gasteiger charge is -2.22. The topological polar surface area (TPSA) is 89.4 Å². The van der Waals surface area contributed by atoms with Gasteiger partial charge in [-0.25, -0.2) is 0 Å². The Morgan fingerprint density at radius 3 is 2.44 bits per heavy atom. The average molecular weight is 434 g/mol. The molecule has 0 radical (unpaired) electrons. The lowest BCUT2D eigenvalue weighted by atomic mass is 9.95. The van der Waals surface area contributed by atoms with Crippen LogP contribution in [0.3, 0.4) is 0 Å². The molecule has 1 aromatic heterocycles. The SMILES string of the molecule is COc1ccccc1-n1cc(C(=O)NCC(=O)NC2CCCCC2)c2ccccc2c1=O. The summed E-state index contributed by atoms with van der Waals surface area (Å²) in [5.74, 6) is -0.0978. The van der Waals surface area contributed by atoms with Gasteiger partial charge in [-0.05, 0) is 31.0 Å². The molecule has 0 unspecified atom stereocenters. The Balaban J connectivity index is 1.63. The van der Waals surface area contributed by atoms with Gasteiger partial charge < -0.3 is 15.4 Å². The molecule has 1 aliphatic carbocycles. The minimum atomic E-state index is -0.413. The number of carbonyl (C=O) groups excluding carboxylic acids is 2. The van der Waals surface area contributed by atoms with Crippen LogP contribution in [0.1, 0.15) is 42.5 Å². The van der Waals surface area contributed by atoms with Gasteiger partial charge in [0.05, 0.1) is 24.9 Å². The molecule has 4 rings (SSSR count). The van der Waals surface area contributed by atoms with E-state index in [9.17, 15) is 14.4 Å². The molecule has 0 aliphatic heterocycles. The Kier molecular flexibility index (Phi) is 6.54. The third-order valence-electron chi connectivity index (χ3n) is 5.89. The highest BCUT2D eigenvalue weighted by Gasteiger charge is 2.19. The van der Waals surface area contributed by atoms with Crippen molar-refractivity contribution < 1.29 is 14.3 Å². The molecule has 0 spiro atoms. The molecule has 7 nitrogen and oxygen atoms in total. The number of para-hydroxylation sites is 2. The molecule has 166 valence electrons. The molecule has 1 aliphatic rings. The van der Waals surface area contributed by atoms with E-state index in [1.165, 1.54) is 24.3 Å². The number of fused-ring (bicyclic) bond motifs is 1. The molecule has 7 heteroatoms. The zero-order valence-electron chi connectivity index (χ0n) is 18.1. The van der Waals surface area contributed by atoms with Crippen molar-refractivity contribution in [3.63, 3.8) is 0 Å². The Morgan fingerprint density at radius 2 is 1.69 bits per heavy atom. The summed E-state index contributed by atoms with van der Waals surface area (Å²) in [6, 6.07) is 14.3. The summed E-state index contributed by atoms with van der Waals surface area (Å²) in [5, 5.41) is 6.66. The maximum atomic E-state index is 13.2. The number of nitrogens with one attached hydrogen (secondary N) is 2. The van der Waals surface area contributed by atoms with Crippen LogP contribution in [0.15, 0.2) is 59.5 Å². The van der Waals surface area contributed by atoms with Crippen LogP contribution in [-0.2, 0) is 4.79 Å². The molecule has 1 saturated carbocycles. The summed E-state index contributed by atoms with van der Waals surface area (Å²) in [7, 11) is 1.53. The van der Waals surface area contributed by atoms with Gasteiger partial charge in [0.15, 0.2) is 0 Å². The smallest absolute Gasteiger partial charge is 0.263 e. The summed E-state index contributed by atoms with van der Waals surface area (Å²) in [6.07, 6.45) is 6.92. The van der Waals surface area contributed by atoms with Crippen LogP contribution >= 0.6 is 0 Å². The van der Waals surface area contributed by atoms with E-state index in [0.717, 1.165) is 25.7 Å². The van der Waals surface area contributed by atoms with Crippen molar-refractivity contribution >= 4 is 22.6 Å². The minimum Gasteiger partial charge on any atom is -0.495 e. The Morgan fingerprint density at radius 1 is 1.00 bits per heavy atom. The van der Waals surface area contributed by atoms with Crippen molar-refractivity contribution in [3.8, 4) is 11.4 Å². The molecule has 2 aromatic carbocycles. The van der Waals surface area contributed by atoms with Gasteiger partial charge in [-0.3, -0.25) is 19.0 Å². The van der Waals surface area contributed by atoms with Gasteiger partial charge in [0.2, 0.25) is 5.91 Å². The van der Waals surface area contributed by atoms with Crippen molar-refractivity contribution in [3.05, 3.63) is 70.6 Å². The van der Waals surface area contributed by atoms with E-state index in [0.29, 0.717) is 27.8 Å². The molecule has 2 amide bonds. The van der Waals surface area contributed by atoms with Gasteiger partial charge in [0, 0.05) is 23.0 Å². The average Bonchev–Trinajstić information content (AvgIpc) is 2.83. The number of rotatable bonds is 6. The van der Waals surface area contributed by atoms with E-state index in [1.807, 2.05) is 6.07 Å². The van der Waals surface area contributed by atoms with E-state index in [2.05, 4.69) is 10.6 Å². The number of ether oxygens (including phenoxy) is 1. The second-order valence-electron chi connectivity index (χ2n) is 8.02. The van der Waals surface area contributed by atoms with Crippen LogP contribution < -0.4 is 20.9 Å². The number of amides is 2. The van der Waals surface area contributed by atoms with Gasteiger partial charge in [0.25, 0.3) is 11.5 Å². The predicted octanol–water partition coefficient (Wildman–Crippen LogP) is 3.18. The number of aromatic nitrogens is 1. The number of methoxy groups -OCH3 is 1. The summed E-state index contributed by atoms with van der Waals surface area (Å²) in [6.45, 7) is -0.114. The van der Waals surface area contributed by atoms with Crippen molar-refractivity contribution in [2.45, 2.75) is 38.1 Å². The Hall–Kier alpha value is -3.61. The summed E-state index contributed by atoms with van der Waals surface area (Å²) >= 11 is 0. The second-order valence-corrected chi connectivity index (χ2v) is 8.02. The van der Waals surface area contributed by atoms with E-state index in [4.69, 9.17) is 4.74 Å². The number of hydrogen-bond acceptors (Lipinski definition) is 4. The highest BCUT2D eigenvalue weighted by molar-refractivity contribution is 6.07. The number of carbonyl (C=O) groups is 2. The van der Waals surface area contributed by atoms with Crippen LogP contribution in [0.2, 0.25) is 0 Å². The number of hydrogen-bond donors (Lipinski definition) is 2. The molecule has 3 aromatic rings. The van der Waals surface area contributed by atoms with Gasteiger partial charge >= 0.3 is 0 Å². The van der Waals surface area contributed by atoms with Crippen molar-refractivity contribution in [1.82, 2.24) is 15.2 Å². The summed E-state index contributed by atoms with van der Waals surface area (Å²) in [4.78, 5) is 38.6. The first kappa shape index (κ1) is 21.6. The molecule has 0 atom stereocenters. The van der Waals surface area contributed by atoms with Crippen molar-refractivity contribution in [1.29, 1.82) is 0 Å². The van der Waals surface area contributed by atoms with Crippen LogP contribution in [0.25, 0.3) is 16.5 Å². The first-order valence-electron chi connectivity index (χ1n) is 10.9. The molecule has 0 saturated heterocycles. The van der Waals surface area contributed by atoms with E-state index in [-0.39, 0.29) is 24.1 Å². The third-order valence-corrected chi connectivity index (χ3v) is 5.89. The maximum absolute atomic E-state index is 13.2. The minimum absolute atomic E-state index is 0.114. The quantitative estimate of drug-likeness (QED) is 0.625. The predicted molar refractivity (Wildman–Crippen MR) is 123 cm³/mol. The maximum Gasteiger partial charge on any atom is 0.263 e. The first-order valence-corrected chi connectivity index (χ1v) is 10.9. The molecule has 1 fully saturated rings. The molecule has 1 heterocycles. The normalized spacial score (nSPS) is 14.2. The molecule has 32 heavy (non-hydrogen) atoms. The summed E-state index contributed by atoms with van der Waals surface area (Å²) < 4.78 is 6.82. The monoisotopic (exact) mass is 433 g/mol. The lowest BCUT2D eigenvalue weighted by molar-refractivity contribution is -0.121. The fourth-order valence-corrected chi connectivity index (χ4v) is 4.26. The fourth-order valence-electron chi connectivity index (χ4n) is 4.26. The first-order chi connectivity index (χ1) is 15.6. The second kappa shape index (κ2) is 9.68. The fraction of sp³-hybridized carbons (Fsp3) is 0.320. The standard InChI is InChI=1S/C25H27N3O4/c1-32-22-14-8-7-13-21(22)28-16-20(18-11-5-6-12-19(18)25(28)31)24(30)26-15-23(29)27-17-9-3-2-4-10-17/h5-8,11-14,16-17H,2-4,9-10,15H2,1H3,(H,26,30)(H,27,29). The third kappa shape index (κ3) is 4.51. The molecule has 2 N–H and O–H groups in total. The van der Waals surface area contributed by atoms with Crippen LogP contribution in [0.5, 0.6) is 5.75 Å². The van der Waals surface area contributed by atoms with Crippen molar-refractivity contribution in [2.24, 2.45) is 0 Å². The number of nitrogens with zero attached hydrogens (tertiary/aromatic N) is 1. The molecule has 0 bridgehead atoms. The Labute approximate surface area is 186 Å². The largest absolute Gasteiger partial charge is 0.495 e.